The fourth-order valence-electron chi connectivity index (χ4n) is 2.49. The number of rotatable bonds is 6. The highest BCUT2D eigenvalue weighted by Gasteiger charge is 2.10. The third-order valence-corrected chi connectivity index (χ3v) is 4.01. The zero-order chi connectivity index (χ0) is 16.9. The number of fused-ring (bicyclic) bond motifs is 1. The Morgan fingerprint density at radius 2 is 1.62 bits per heavy atom. The minimum Gasteiger partial charge on any atom is -0.494 e. The molecule has 3 nitrogen and oxygen atoms in total. The predicted octanol–water partition coefficient (Wildman–Crippen LogP) is 5.15. The standard InChI is InChI=1S/C20H17ClO3/c1-2-23-15-9-7-14(8-10-15)19(22)13-24-20-12-11-18(21)16-5-3-4-6-17(16)20/h3-12H,2,13H2,1H3. The van der Waals surface area contributed by atoms with E-state index in [-0.39, 0.29) is 12.4 Å². The van der Waals surface area contributed by atoms with Gasteiger partial charge in [0.05, 0.1) is 6.61 Å². The van der Waals surface area contributed by atoms with E-state index in [4.69, 9.17) is 21.1 Å². The maximum Gasteiger partial charge on any atom is 0.200 e. The Balaban J connectivity index is 1.74. The van der Waals surface area contributed by atoms with Crippen molar-refractivity contribution in [2.45, 2.75) is 6.92 Å². The summed E-state index contributed by atoms with van der Waals surface area (Å²) in [7, 11) is 0. The van der Waals surface area contributed by atoms with Gasteiger partial charge in [0.1, 0.15) is 11.5 Å². The SMILES string of the molecule is CCOc1ccc(C(=O)COc2ccc(Cl)c3ccccc23)cc1. The van der Waals surface area contributed by atoms with Gasteiger partial charge in [-0.3, -0.25) is 4.79 Å². The highest BCUT2D eigenvalue weighted by molar-refractivity contribution is 6.35. The van der Waals surface area contributed by atoms with Crippen LogP contribution in [-0.2, 0) is 0 Å². The van der Waals surface area contributed by atoms with Crippen LogP contribution in [0.3, 0.4) is 0 Å². The molecule has 0 saturated heterocycles. The molecule has 3 aromatic rings. The molecule has 0 aliphatic heterocycles. The van der Waals surface area contributed by atoms with Gasteiger partial charge >= 0.3 is 0 Å². The van der Waals surface area contributed by atoms with Crippen LogP contribution in [0.4, 0.5) is 0 Å². The number of Topliss-reactive ketones (excluding diaryl/α,β-unsaturated/α-hetero) is 1. The van der Waals surface area contributed by atoms with Crippen LogP contribution in [-0.4, -0.2) is 19.0 Å². The van der Waals surface area contributed by atoms with Crippen LogP contribution in [0.25, 0.3) is 10.8 Å². The van der Waals surface area contributed by atoms with Crippen molar-refractivity contribution in [2.24, 2.45) is 0 Å². The Labute approximate surface area is 145 Å². The molecule has 0 heterocycles. The van der Waals surface area contributed by atoms with Crippen molar-refractivity contribution in [3.8, 4) is 11.5 Å². The Bertz CT molecular complexity index is 856. The van der Waals surface area contributed by atoms with Gasteiger partial charge in [-0.2, -0.15) is 0 Å². The Hall–Kier alpha value is -2.52. The van der Waals surface area contributed by atoms with E-state index in [0.29, 0.717) is 22.9 Å². The molecule has 122 valence electrons. The van der Waals surface area contributed by atoms with Crippen molar-refractivity contribution in [2.75, 3.05) is 13.2 Å². The predicted molar refractivity (Wildman–Crippen MR) is 96.4 cm³/mol. The van der Waals surface area contributed by atoms with Crippen LogP contribution >= 0.6 is 11.6 Å². The average Bonchev–Trinajstić information content (AvgIpc) is 2.62. The normalized spacial score (nSPS) is 10.6. The number of ketones is 1. The summed E-state index contributed by atoms with van der Waals surface area (Å²) in [6.45, 7) is 2.49. The van der Waals surface area contributed by atoms with Gasteiger partial charge in [-0.1, -0.05) is 35.9 Å². The summed E-state index contributed by atoms with van der Waals surface area (Å²) in [5.41, 5.74) is 0.594. The Kier molecular flexibility index (Phi) is 5.02. The van der Waals surface area contributed by atoms with Crippen molar-refractivity contribution in [1.82, 2.24) is 0 Å². The van der Waals surface area contributed by atoms with E-state index < -0.39 is 0 Å². The van der Waals surface area contributed by atoms with E-state index in [1.807, 2.05) is 31.2 Å². The van der Waals surface area contributed by atoms with Crippen LogP contribution in [0.1, 0.15) is 17.3 Å². The maximum absolute atomic E-state index is 12.3. The Morgan fingerprint density at radius 3 is 2.33 bits per heavy atom. The number of hydrogen-bond acceptors (Lipinski definition) is 3. The summed E-state index contributed by atoms with van der Waals surface area (Å²) in [5, 5.41) is 2.46. The van der Waals surface area contributed by atoms with Crippen LogP contribution < -0.4 is 9.47 Å². The Morgan fingerprint density at radius 1 is 0.917 bits per heavy atom. The minimum atomic E-state index is -0.0860. The number of halogens is 1. The molecular formula is C20H17ClO3. The second-order valence-corrected chi connectivity index (χ2v) is 5.67. The molecule has 0 bridgehead atoms. The number of ether oxygens (including phenoxy) is 2. The summed E-state index contributed by atoms with van der Waals surface area (Å²) in [6.07, 6.45) is 0. The number of carbonyl (C=O) groups is 1. The summed E-state index contributed by atoms with van der Waals surface area (Å²) in [5.74, 6) is 1.31. The van der Waals surface area contributed by atoms with Gasteiger partial charge < -0.3 is 9.47 Å². The van der Waals surface area contributed by atoms with E-state index in [0.717, 1.165) is 16.5 Å². The van der Waals surface area contributed by atoms with Crippen LogP contribution in [0.2, 0.25) is 5.02 Å². The molecule has 4 heteroatoms. The third-order valence-electron chi connectivity index (χ3n) is 3.68. The van der Waals surface area contributed by atoms with E-state index in [9.17, 15) is 4.79 Å². The van der Waals surface area contributed by atoms with Gasteiger partial charge in [0.15, 0.2) is 12.4 Å². The first-order valence-electron chi connectivity index (χ1n) is 7.75. The molecule has 3 aromatic carbocycles. The molecule has 0 N–H and O–H groups in total. The number of hydrogen-bond donors (Lipinski definition) is 0. The monoisotopic (exact) mass is 340 g/mol. The molecule has 0 saturated carbocycles. The van der Waals surface area contributed by atoms with Gasteiger partial charge in [0.25, 0.3) is 0 Å². The molecule has 0 aromatic heterocycles. The molecule has 0 amide bonds. The smallest absolute Gasteiger partial charge is 0.200 e. The second kappa shape index (κ2) is 7.37. The summed E-state index contributed by atoms with van der Waals surface area (Å²) < 4.78 is 11.1. The molecule has 0 atom stereocenters. The van der Waals surface area contributed by atoms with E-state index in [1.165, 1.54) is 0 Å². The zero-order valence-electron chi connectivity index (χ0n) is 13.3. The molecular weight excluding hydrogens is 324 g/mol. The number of carbonyl (C=O) groups excluding carboxylic acids is 1. The van der Waals surface area contributed by atoms with Crippen molar-refractivity contribution in [3.05, 3.63) is 71.2 Å². The van der Waals surface area contributed by atoms with Gasteiger partial charge in [0, 0.05) is 21.4 Å². The largest absolute Gasteiger partial charge is 0.494 e. The first-order valence-corrected chi connectivity index (χ1v) is 8.13. The topological polar surface area (TPSA) is 35.5 Å². The van der Waals surface area contributed by atoms with Gasteiger partial charge in [0.2, 0.25) is 0 Å². The average molecular weight is 341 g/mol. The first-order chi connectivity index (χ1) is 11.7. The van der Waals surface area contributed by atoms with Gasteiger partial charge in [-0.05, 0) is 43.3 Å². The van der Waals surface area contributed by atoms with Gasteiger partial charge in [-0.25, -0.2) is 0 Å². The molecule has 0 aliphatic rings. The van der Waals surface area contributed by atoms with E-state index >= 15 is 0 Å². The highest BCUT2D eigenvalue weighted by atomic mass is 35.5. The van der Waals surface area contributed by atoms with Crippen molar-refractivity contribution >= 4 is 28.2 Å². The van der Waals surface area contributed by atoms with Crippen LogP contribution in [0, 0.1) is 0 Å². The minimum absolute atomic E-state index is 0.0282. The number of benzene rings is 3. The van der Waals surface area contributed by atoms with Crippen LogP contribution in [0.5, 0.6) is 11.5 Å². The second-order valence-electron chi connectivity index (χ2n) is 5.26. The lowest BCUT2D eigenvalue weighted by atomic mass is 10.1. The van der Waals surface area contributed by atoms with Crippen LogP contribution in [0.15, 0.2) is 60.7 Å². The lowest BCUT2D eigenvalue weighted by Crippen LogP contribution is -2.11. The summed E-state index contributed by atoms with van der Waals surface area (Å²) >= 11 is 6.19. The van der Waals surface area contributed by atoms with Crippen molar-refractivity contribution in [1.29, 1.82) is 0 Å². The molecule has 0 radical (unpaired) electrons. The van der Waals surface area contributed by atoms with E-state index in [1.54, 1.807) is 36.4 Å². The molecule has 24 heavy (non-hydrogen) atoms. The fourth-order valence-corrected chi connectivity index (χ4v) is 2.72. The van der Waals surface area contributed by atoms with Crippen molar-refractivity contribution in [3.63, 3.8) is 0 Å². The molecule has 0 spiro atoms. The molecule has 0 fully saturated rings. The lowest BCUT2D eigenvalue weighted by molar-refractivity contribution is 0.0922. The zero-order valence-corrected chi connectivity index (χ0v) is 14.0. The van der Waals surface area contributed by atoms with Gasteiger partial charge in [-0.15, -0.1) is 0 Å². The highest BCUT2D eigenvalue weighted by Crippen LogP contribution is 2.31. The summed E-state index contributed by atoms with van der Waals surface area (Å²) in [6, 6.07) is 18.3. The van der Waals surface area contributed by atoms with Crippen molar-refractivity contribution < 1.29 is 14.3 Å². The molecule has 0 unspecified atom stereocenters. The molecule has 0 aliphatic carbocycles. The lowest BCUT2D eigenvalue weighted by Gasteiger charge is -2.10. The molecule has 3 rings (SSSR count). The maximum atomic E-state index is 12.3. The quantitative estimate of drug-likeness (QED) is 0.582. The summed E-state index contributed by atoms with van der Waals surface area (Å²) in [4.78, 5) is 12.3. The third kappa shape index (κ3) is 3.52. The fraction of sp³-hybridized carbons (Fsp3) is 0.150. The van der Waals surface area contributed by atoms with E-state index in [2.05, 4.69) is 0 Å². The first kappa shape index (κ1) is 16.3.